The van der Waals surface area contributed by atoms with Crippen molar-refractivity contribution < 1.29 is 0 Å². The van der Waals surface area contributed by atoms with Crippen LogP contribution in [0, 0.1) is 0 Å². The molecule has 0 bridgehead atoms. The number of hydrogen-bond acceptors (Lipinski definition) is 2. The summed E-state index contributed by atoms with van der Waals surface area (Å²) in [4.78, 5) is 8.23. The van der Waals surface area contributed by atoms with Crippen molar-refractivity contribution in [2.24, 2.45) is 4.99 Å². The predicted octanol–water partition coefficient (Wildman–Crippen LogP) is 1.64. The van der Waals surface area contributed by atoms with Crippen molar-refractivity contribution in [2.75, 3.05) is 13.6 Å². The summed E-state index contributed by atoms with van der Waals surface area (Å²) in [6.45, 7) is 2.62. The summed E-state index contributed by atoms with van der Waals surface area (Å²) in [6.07, 6.45) is 6.64. The number of aromatic nitrogens is 2. The zero-order chi connectivity index (χ0) is 14.0. The highest BCUT2D eigenvalue weighted by atomic mass is 15.2. The van der Waals surface area contributed by atoms with Crippen molar-refractivity contribution in [1.82, 2.24) is 20.2 Å². The molecule has 0 aliphatic rings. The molecule has 0 atom stereocenters. The highest BCUT2D eigenvalue weighted by Gasteiger charge is 1.97. The molecular weight excluding hydrogens is 250 g/mol. The molecule has 1 heterocycles. The minimum Gasteiger partial charge on any atom is -0.356 e. The van der Waals surface area contributed by atoms with E-state index in [0.29, 0.717) is 0 Å². The molecule has 0 aliphatic heterocycles. The number of hydrogen-bond donors (Lipinski definition) is 2. The zero-order valence-corrected chi connectivity index (χ0v) is 11.8. The topological polar surface area (TPSA) is 54.2 Å². The lowest BCUT2D eigenvalue weighted by Crippen LogP contribution is -2.37. The SMILES string of the molecule is CN=C(NCCCn1ccnc1)NCc1ccccc1. The summed E-state index contributed by atoms with van der Waals surface area (Å²) in [7, 11) is 1.79. The van der Waals surface area contributed by atoms with E-state index in [1.165, 1.54) is 5.56 Å². The van der Waals surface area contributed by atoms with Gasteiger partial charge in [-0.3, -0.25) is 4.99 Å². The first-order valence-electron chi connectivity index (χ1n) is 6.82. The number of aryl methyl sites for hydroxylation is 1. The Kier molecular flexibility index (Phi) is 5.64. The fourth-order valence-electron chi connectivity index (χ4n) is 1.89. The minimum atomic E-state index is 0.780. The number of guanidine groups is 1. The second-order valence-corrected chi connectivity index (χ2v) is 4.49. The van der Waals surface area contributed by atoms with Crippen LogP contribution in [0.3, 0.4) is 0 Å². The van der Waals surface area contributed by atoms with E-state index in [0.717, 1.165) is 32.0 Å². The number of benzene rings is 1. The van der Waals surface area contributed by atoms with Gasteiger partial charge in [0.05, 0.1) is 6.33 Å². The van der Waals surface area contributed by atoms with Crippen molar-refractivity contribution in [3.8, 4) is 0 Å². The molecule has 106 valence electrons. The van der Waals surface area contributed by atoms with Gasteiger partial charge in [-0.1, -0.05) is 30.3 Å². The Morgan fingerprint density at radius 1 is 1.25 bits per heavy atom. The lowest BCUT2D eigenvalue weighted by atomic mass is 10.2. The number of aliphatic imine (C=N–C) groups is 1. The van der Waals surface area contributed by atoms with E-state index in [4.69, 9.17) is 0 Å². The third-order valence-corrected chi connectivity index (χ3v) is 2.97. The predicted molar refractivity (Wildman–Crippen MR) is 81.5 cm³/mol. The largest absolute Gasteiger partial charge is 0.356 e. The third-order valence-electron chi connectivity index (χ3n) is 2.97. The summed E-state index contributed by atoms with van der Waals surface area (Å²) < 4.78 is 2.07. The fraction of sp³-hybridized carbons (Fsp3) is 0.333. The van der Waals surface area contributed by atoms with Crippen LogP contribution in [-0.2, 0) is 13.1 Å². The minimum absolute atomic E-state index is 0.780. The summed E-state index contributed by atoms with van der Waals surface area (Å²) in [5.74, 6) is 0.833. The smallest absolute Gasteiger partial charge is 0.191 e. The van der Waals surface area contributed by atoms with Crippen LogP contribution in [-0.4, -0.2) is 29.1 Å². The molecule has 5 heteroatoms. The number of nitrogens with one attached hydrogen (secondary N) is 2. The summed E-state index contributed by atoms with van der Waals surface area (Å²) in [5, 5.41) is 6.61. The average Bonchev–Trinajstić information content (AvgIpc) is 3.01. The molecule has 0 amide bonds. The number of rotatable bonds is 6. The monoisotopic (exact) mass is 271 g/mol. The Morgan fingerprint density at radius 3 is 2.80 bits per heavy atom. The normalized spacial score (nSPS) is 11.3. The van der Waals surface area contributed by atoms with Gasteiger partial charge < -0.3 is 15.2 Å². The van der Waals surface area contributed by atoms with Crippen LogP contribution < -0.4 is 10.6 Å². The van der Waals surface area contributed by atoms with Gasteiger partial charge >= 0.3 is 0 Å². The molecule has 1 aromatic heterocycles. The maximum Gasteiger partial charge on any atom is 0.191 e. The molecule has 20 heavy (non-hydrogen) atoms. The van der Waals surface area contributed by atoms with Gasteiger partial charge in [0.2, 0.25) is 0 Å². The molecule has 2 N–H and O–H groups in total. The van der Waals surface area contributed by atoms with Crippen LogP contribution in [0.2, 0.25) is 0 Å². The van der Waals surface area contributed by atoms with Gasteiger partial charge in [-0.15, -0.1) is 0 Å². The maximum atomic E-state index is 4.21. The van der Waals surface area contributed by atoms with Crippen molar-refractivity contribution in [3.63, 3.8) is 0 Å². The van der Waals surface area contributed by atoms with Gasteiger partial charge in [-0.25, -0.2) is 4.98 Å². The summed E-state index contributed by atoms with van der Waals surface area (Å²) in [5.41, 5.74) is 1.24. The summed E-state index contributed by atoms with van der Waals surface area (Å²) >= 11 is 0. The van der Waals surface area contributed by atoms with Gasteiger partial charge in [0.1, 0.15) is 0 Å². The molecule has 0 saturated heterocycles. The average molecular weight is 271 g/mol. The number of nitrogens with zero attached hydrogens (tertiary/aromatic N) is 3. The Morgan fingerprint density at radius 2 is 2.10 bits per heavy atom. The van der Waals surface area contributed by atoms with E-state index >= 15 is 0 Å². The highest BCUT2D eigenvalue weighted by Crippen LogP contribution is 1.96. The van der Waals surface area contributed by atoms with E-state index in [1.807, 2.05) is 30.7 Å². The molecule has 0 unspecified atom stereocenters. The van der Waals surface area contributed by atoms with Crippen LogP contribution in [0.5, 0.6) is 0 Å². The second-order valence-electron chi connectivity index (χ2n) is 4.49. The first-order chi connectivity index (χ1) is 9.88. The summed E-state index contributed by atoms with van der Waals surface area (Å²) in [6, 6.07) is 10.3. The molecule has 5 nitrogen and oxygen atoms in total. The van der Waals surface area contributed by atoms with E-state index in [1.54, 1.807) is 13.2 Å². The standard InChI is InChI=1S/C15H21N5/c1-16-15(19-12-14-6-3-2-4-7-14)18-8-5-10-20-11-9-17-13-20/h2-4,6-7,9,11,13H,5,8,10,12H2,1H3,(H2,16,18,19). The van der Waals surface area contributed by atoms with Gasteiger partial charge in [-0.05, 0) is 12.0 Å². The first-order valence-corrected chi connectivity index (χ1v) is 6.82. The Hall–Kier alpha value is -2.30. The van der Waals surface area contributed by atoms with Crippen molar-refractivity contribution >= 4 is 5.96 Å². The molecule has 0 fully saturated rings. The van der Waals surface area contributed by atoms with Crippen molar-refractivity contribution in [2.45, 2.75) is 19.5 Å². The lowest BCUT2D eigenvalue weighted by Gasteiger charge is -2.12. The second kappa shape index (κ2) is 7.99. The van der Waals surface area contributed by atoms with Crippen LogP contribution in [0.4, 0.5) is 0 Å². The molecule has 0 spiro atoms. The van der Waals surface area contributed by atoms with E-state index in [2.05, 4.69) is 37.3 Å². The van der Waals surface area contributed by atoms with Crippen LogP contribution in [0.25, 0.3) is 0 Å². The Bertz CT molecular complexity index is 504. The molecule has 2 rings (SSSR count). The lowest BCUT2D eigenvalue weighted by molar-refractivity contribution is 0.624. The van der Waals surface area contributed by atoms with Gasteiger partial charge in [0, 0.05) is 39.1 Å². The number of imidazole rings is 1. The molecule has 0 aliphatic carbocycles. The first kappa shape index (κ1) is 14.1. The highest BCUT2D eigenvalue weighted by molar-refractivity contribution is 5.79. The fourth-order valence-corrected chi connectivity index (χ4v) is 1.89. The molecule has 2 aromatic rings. The molecule has 0 saturated carbocycles. The zero-order valence-electron chi connectivity index (χ0n) is 11.8. The quantitative estimate of drug-likeness (QED) is 0.477. The molecule has 1 aromatic carbocycles. The Balaban J connectivity index is 1.65. The van der Waals surface area contributed by atoms with E-state index in [9.17, 15) is 0 Å². The van der Waals surface area contributed by atoms with E-state index in [-0.39, 0.29) is 0 Å². The molecule has 0 radical (unpaired) electrons. The van der Waals surface area contributed by atoms with Gasteiger partial charge in [0.15, 0.2) is 5.96 Å². The van der Waals surface area contributed by atoms with Gasteiger partial charge in [0.25, 0.3) is 0 Å². The molecular formula is C15H21N5. The van der Waals surface area contributed by atoms with Crippen LogP contribution in [0.15, 0.2) is 54.0 Å². The maximum absolute atomic E-state index is 4.21. The van der Waals surface area contributed by atoms with Gasteiger partial charge in [-0.2, -0.15) is 0 Å². The van der Waals surface area contributed by atoms with Crippen LogP contribution in [0.1, 0.15) is 12.0 Å². The van der Waals surface area contributed by atoms with Crippen molar-refractivity contribution in [3.05, 3.63) is 54.6 Å². The van der Waals surface area contributed by atoms with Crippen LogP contribution >= 0.6 is 0 Å². The van der Waals surface area contributed by atoms with Crippen molar-refractivity contribution in [1.29, 1.82) is 0 Å². The van der Waals surface area contributed by atoms with E-state index < -0.39 is 0 Å². The Labute approximate surface area is 119 Å². The third kappa shape index (κ3) is 4.76.